The highest BCUT2D eigenvalue weighted by atomic mass is 31.2. The van der Waals surface area contributed by atoms with Gasteiger partial charge in [0.15, 0.2) is 12.2 Å². The van der Waals surface area contributed by atoms with Crippen LogP contribution in [0.4, 0.5) is 0 Å². The van der Waals surface area contributed by atoms with Crippen molar-refractivity contribution in [2.45, 2.75) is 413 Å². The molecular formula is C76H148O17P2. The van der Waals surface area contributed by atoms with Crippen LogP contribution in [-0.2, 0) is 65.4 Å². The van der Waals surface area contributed by atoms with Gasteiger partial charge >= 0.3 is 39.5 Å². The van der Waals surface area contributed by atoms with Gasteiger partial charge in [0.05, 0.1) is 26.4 Å². The summed E-state index contributed by atoms with van der Waals surface area (Å²) in [5.74, 6) is -0.629. The van der Waals surface area contributed by atoms with E-state index in [1.54, 1.807) is 0 Å². The predicted octanol–water partition coefficient (Wildman–Crippen LogP) is 22.3. The van der Waals surface area contributed by atoms with E-state index in [9.17, 15) is 43.2 Å². The third-order valence-corrected chi connectivity index (χ3v) is 19.6. The highest BCUT2D eigenvalue weighted by molar-refractivity contribution is 7.47. The first-order valence-corrected chi connectivity index (χ1v) is 42.5. The summed E-state index contributed by atoms with van der Waals surface area (Å²) < 4.78 is 68.3. The number of esters is 4. The average Bonchev–Trinajstić information content (AvgIpc) is 1.53. The van der Waals surface area contributed by atoms with Crippen LogP contribution in [0.5, 0.6) is 0 Å². The van der Waals surface area contributed by atoms with Crippen LogP contribution in [0.1, 0.15) is 395 Å². The van der Waals surface area contributed by atoms with Gasteiger partial charge in [0.1, 0.15) is 19.3 Å². The third-order valence-electron chi connectivity index (χ3n) is 17.7. The second-order valence-corrected chi connectivity index (χ2v) is 31.3. The Morgan fingerprint density at radius 2 is 0.484 bits per heavy atom. The molecule has 0 saturated carbocycles. The van der Waals surface area contributed by atoms with Gasteiger partial charge in [-0.25, -0.2) is 9.13 Å². The average molecular weight is 1400 g/mol. The van der Waals surface area contributed by atoms with Gasteiger partial charge in [0.2, 0.25) is 0 Å². The van der Waals surface area contributed by atoms with E-state index < -0.39 is 97.5 Å². The third kappa shape index (κ3) is 70.3. The maximum absolute atomic E-state index is 13.1. The molecule has 0 saturated heterocycles. The van der Waals surface area contributed by atoms with Crippen LogP contribution in [0.15, 0.2) is 0 Å². The van der Waals surface area contributed by atoms with E-state index in [1.807, 2.05) is 0 Å². The molecule has 0 aromatic rings. The van der Waals surface area contributed by atoms with Gasteiger partial charge in [0, 0.05) is 25.7 Å². The van der Waals surface area contributed by atoms with Crippen LogP contribution in [0, 0.1) is 11.8 Å². The van der Waals surface area contributed by atoms with Crippen molar-refractivity contribution >= 4 is 39.5 Å². The van der Waals surface area contributed by atoms with Gasteiger partial charge in [-0.3, -0.25) is 37.3 Å². The van der Waals surface area contributed by atoms with E-state index >= 15 is 0 Å². The number of ether oxygens (including phenoxy) is 4. The minimum Gasteiger partial charge on any atom is -0.462 e. The summed E-state index contributed by atoms with van der Waals surface area (Å²) >= 11 is 0. The van der Waals surface area contributed by atoms with Crippen molar-refractivity contribution in [3.8, 4) is 0 Å². The molecule has 0 fully saturated rings. The summed E-state index contributed by atoms with van der Waals surface area (Å²) in [4.78, 5) is 72.6. The van der Waals surface area contributed by atoms with Crippen LogP contribution in [0.2, 0.25) is 0 Å². The molecule has 3 N–H and O–H groups in total. The summed E-state index contributed by atoms with van der Waals surface area (Å²) in [5.41, 5.74) is 0. The molecular weight excluding hydrogens is 1250 g/mol. The van der Waals surface area contributed by atoms with Crippen LogP contribution in [0.25, 0.3) is 0 Å². The molecule has 0 spiro atoms. The molecule has 564 valence electrons. The molecule has 19 heteroatoms. The first-order chi connectivity index (χ1) is 45.9. The molecule has 0 bridgehead atoms. The summed E-state index contributed by atoms with van der Waals surface area (Å²) in [5, 5.41) is 10.6. The van der Waals surface area contributed by atoms with Crippen molar-refractivity contribution in [2.75, 3.05) is 39.6 Å². The summed E-state index contributed by atoms with van der Waals surface area (Å²) in [6.45, 7) is 9.50. The van der Waals surface area contributed by atoms with Gasteiger partial charge in [-0.1, -0.05) is 343 Å². The Bertz CT molecular complexity index is 1840. The second kappa shape index (κ2) is 67.9. The molecule has 0 aromatic carbocycles. The quantitative estimate of drug-likeness (QED) is 0.0222. The zero-order chi connectivity index (χ0) is 70.0. The van der Waals surface area contributed by atoms with Gasteiger partial charge in [-0.15, -0.1) is 0 Å². The minimum absolute atomic E-state index is 0.103. The van der Waals surface area contributed by atoms with Crippen molar-refractivity contribution < 1.29 is 80.2 Å². The molecule has 0 radical (unpaired) electrons. The molecule has 17 nitrogen and oxygen atoms in total. The molecule has 95 heavy (non-hydrogen) atoms. The van der Waals surface area contributed by atoms with Crippen molar-refractivity contribution in [3.63, 3.8) is 0 Å². The number of phosphoric acid groups is 2. The zero-order valence-electron chi connectivity index (χ0n) is 62.0. The molecule has 5 atom stereocenters. The van der Waals surface area contributed by atoms with E-state index in [-0.39, 0.29) is 25.7 Å². The Labute approximate surface area is 581 Å². The molecule has 0 aliphatic carbocycles. The number of aliphatic hydroxyl groups excluding tert-OH is 1. The lowest BCUT2D eigenvalue weighted by atomic mass is 10.0. The lowest BCUT2D eigenvalue weighted by Gasteiger charge is -2.21. The number of hydrogen-bond acceptors (Lipinski definition) is 15. The Balaban J connectivity index is 5.15. The highest BCUT2D eigenvalue weighted by Crippen LogP contribution is 2.45. The molecule has 0 rings (SSSR count). The van der Waals surface area contributed by atoms with E-state index in [4.69, 9.17) is 37.0 Å². The van der Waals surface area contributed by atoms with E-state index in [0.717, 1.165) is 109 Å². The second-order valence-electron chi connectivity index (χ2n) is 28.3. The lowest BCUT2D eigenvalue weighted by molar-refractivity contribution is -0.161. The molecule has 0 amide bonds. The maximum atomic E-state index is 13.1. The minimum atomic E-state index is -4.96. The van der Waals surface area contributed by atoms with Gasteiger partial charge in [-0.05, 0) is 37.5 Å². The molecule has 2 unspecified atom stereocenters. The molecule has 0 aromatic heterocycles. The lowest BCUT2D eigenvalue weighted by Crippen LogP contribution is -2.30. The van der Waals surface area contributed by atoms with Gasteiger partial charge in [0.25, 0.3) is 0 Å². The van der Waals surface area contributed by atoms with E-state index in [2.05, 4.69) is 41.5 Å². The summed E-state index contributed by atoms with van der Waals surface area (Å²) in [6.07, 6.45) is 55.9. The monoisotopic (exact) mass is 1400 g/mol. The largest absolute Gasteiger partial charge is 0.472 e. The fraction of sp³-hybridized carbons (Fsp3) is 0.947. The number of hydrogen-bond donors (Lipinski definition) is 3. The Morgan fingerprint density at radius 1 is 0.284 bits per heavy atom. The van der Waals surface area contributed by atoms with Crippen molar-refractivity contribution in [2.24, 2.45) is 11.8 Å². The fourth-order valence-corrected chi connectivity index (χ4v) is 13.2. The summed E-state index contributed by atoms with van der Waals surface area (Å²) in [6, 6.07) is 0. The normalized spacial score (nSPS) is 14.0. The first-order valence-electron chi connectivity index (χ1n) is 39.5. The highest BCUT2D eigenvalue weighted by Gasteiger charge is 2.30. The van der Waals surface area contributed by atoms with Crippen LogP contribution in [0.3, 0.4) is 0 Å². The van der Waals surface area contributed by atoms with Crippen LogP contribution < -0.4 is 0 Å². The predicted molar refractivity (Wildman–Crippen MR) is 386 cm³/mol. The number of carbonyl (C=O) groups is 4. The molecule has 0 aliphatic heterocycles. The van der Waals surface area contributed by atoms with Crippen molar-refractivity contribution in [1.29, 1.82) is 0 Å². The van der Waals surface area contributed by atoms with Gasteiger partial charge < -0.3 is 33.8 Å². The number of unbranched alkanes of at least 4 members (excludes halogenated alkanes) is 45. The number of carbonyl (C=O) groups excluding carboxylic acids is 4. The maximum Gasteiger partial charge on any atom is 0.472 e. The van der Waals surface area contributed by atoms with Crippen LogP contribution in [-0.4, -0.2) is 96.7 Å². The number of aliphatic hydroxyl groups is 1. The zero-order valence-corrected chi connectivity index (χ0v) is 63.8. The SMILES string of the molecule is CCCCCCCCCCCCCCCCCCCCCCCC(=O)O[C@H](COC(=O)CCCCCCCCCCCCCCCCC(C)C)COP(=O)(O)OC[C@@H](O)COP(=O)(O)OC[C@@H](COC(=O)CCCCCCCCC)OC(=O)CCCCCCCCCC(C)C. The van der Waals surface area contributed by atoms with Crippen LogP contribution >= 0.6 is 15.6 Å². The Kier molecular flexibility index (Phi) is 66.5. The standard InChI is InChI=1S/C76H148O17P2/c1-7-9-11-13-15-16-17-18-19-20-21-22-23-24-25-30-33-36-42-48-54-60-75(80)92-72(65-87-74(79)59-53-47-41-35-32-29-27-26-28-31-34-39-44-50-56-68(3)4)67-91-95(84,85)89-63-70(77)62-88-94(82,83)90-66-71(64-86-73(78)58-52-46-38-14-12-10-8-2)93-76(81)61-55-49-43-37-40-45-51-57-69(5)6/h68-72,77H,7-67H2,1-6H3,(H,82,83)(H,84,85)/t70-,71+,72+/m0/s1. The van der Waals surface area contributed by atoms with Gasteiger partial charge in [-0.2, -0.15) is 0 Å². The smallest absolute Gasteiger partial charge is 0.462 e. The number of rotatable bonds is 75. The number of phosphoric ester groups is 2. The van der Waals surface area contributed by atoms with E-state index in [0.29, 0.717) is 31.6 Å². The summed E-state index contributed by atoms with van der Waals surface area (Å²) in [7, 11) is -9.90. The van der Waals surface area contributed by atoms with E-state index in [1.165, 1.54) is 199 Å². The fourth-order valence-electron chi connectivity index (χ4n) is 11.7. The molecule has 0 aliphatic rings. The van der Waals surface area contributed by atoms with Crippen molar-refractivity contribution in [3.05, 3.63) is 0 Å². The Hall–Kier alpha value is -1.94. The first kappa shape index (κ1) is 93.1. The Morgan fingerprint density at radius 3 is 0.716 bits per heavy atom. The molecule has 0 heterocycles. The topological polar surface area (TPSA) is 237 Å². The van der Waals surface area contributed by atoms with Crippen molar-refractivity contribution in [1.82, 2.24) is 0 Å².